The maximum absolute atomic E-state index is 12.2. The fourth-order valence-electron chi connectivity index (χ4n) is 1.63. The fraction of sp³-hybridized carbons (Fsp3) is 0.583. The van der Waals surface area contributed by atoms with Gasteiger partial charge in [0, 0.05) is 24.1 Å². The van der Waals surface area contributed by atoms with E-state index in [1.165, 1.54) is 11.3 Å². The molecule has 17 heavy (non-hydrogen) atoms. The van der Waals surface area contributed by atoms with Gasteiger partial charge in [-0.05, 0) is 31.7 Å². The Labute approximate surface area is 106 Å². The lowest BCUT2D eigenvalue weighted by Crippen LogP contribution is -2.43. The van der Waals surface area contributed by atoms with Crippen LogP contribution in [0.1, 0.15) is 31.2 Å². The SMILES string of the molecule is CC(C)N(CCCO)C(=O)C(N)c1cccs1. The molecule has 0 saturated heterocycles. The van der Waals surface area contributed by atoms with Crippen molar-refractivity contribution in [1.82, 2.24) is 4.90 Å². The number of aliphatic hydroxyl groups excluding tert-OH is 1. The van der Waals surface area contributed by atoms with E-state index < -0.39 is 6.04 Å². The Bertz CT molecular complexity index is 338. The molecule has 1 heterocycles. The Kier molecular flexibility index (Phi) is 5.61. The van der Waals surface area contributed by atoms with Crippen molar-refractivity contribution in [3.63, 3.8) is 0 Å². The number of hydrogen-bond acceptors (Lipinski definition) is 4. The summed E-state index contributed by atoms with van der Waals surface area (Å²) in [6, 6.07) is 3.27. The summed E-state index contributed by atoms with van der Waals surface area (Å²) in [5.74, 6) is -0.0732. The second-order valence-electron chi connectivity index (χ2n) is 4.20. The Balaban J connectivity index is 2.70. The minimum absolute atomic E-state index is 0.0732. The minimum atomic E-state index is -0.587. The predicted molar refractivity (Wildman–Crippen MR) is 69.8 cm³/mol. The van der Waals surface area contributed by atoms with Crippen LogP contribution in [0.4, 0.5) is 0 Å². The van der Waals surface area contributed by atoms with Gasteiger partial charge in [-0.1, -0.05) is 6.07 Å². The summed E-state index contributed by atoms with van der Waals surface area (Å²) in [6.07, 6.45) is 0.584. The van der Waals surface area contributed by atoms with Crippen molar-refractivity contribution in [2.45, 2.75) is 32.4 Å². The van der Waals surface area contributed by atoms with Gasteiger partial charge in [-0.3, -0.25) is 4.79 Å². The van der Waals surface area contributed by atoms with Gasteiger partial charge >= 0.3 is 0 Å². The first kappa shape index (κ1) is 14.2. The highest BCUT2D eigenvalue weighted by molar-refractivity contribution is 7.10. The standard InChI is InChI=1S/C12H20N2O2S/c1-9(2)14(6-4-7-15)12(16)11(13)10-5-3-8-17-10/h3,5,8-9,11,15H,4,6-7,13H2,1-2H3. The van der Waals surface area contributed by atoms with E-state index in [4.69, 9.17) is 10.8 Å². The number of nitrogens with zero attached hydrogens (tertiary/aromatic N) is 1. The third-order valence-corrected chi connectivity index (χ3v) is 3.53. The van der Waals surface area contributed by atoms with E-state index in [-0.39, 0.29) is 18.6 Å². The molecular formula is C12H20N2O2S. The third-order valence-electron chi connectivity index (χ3n) is 2.58. The maximum atomic E-state index is 12.2. The number of nitrogens with two attached hydrogens (primary N) is 1. The molecule has 1 aromatic rings. The van der Waals surface area contributed by atoms with Crippen molar-refractivity contribution in [3.05, 3.63) is 22.4 Å². The molecule has 5 heteroatoms. The van der Waals surface area contributed by atoms with Crippen molar-refractivity contribution < 1.29 is 9.90 Å². The van der Waals surface area contributed by atoms with Crippen molar-refractivity contribution in [2.24, 2.45) is 5.73 Å². The first-order chi connectivity index (χ1) is 8.07. The quantitative estimate of drug-likeness (QED) is 0.808. The molecule has 0 aromatic carbocycles. The zero-order valence-corrected chi connectivity index (χ0v) is 11.1. The summed E-state index contributed by atoms with van der Waals surface area (Å²) in [5.41, 5.74) is 5.95. The molecule has 0 saturated carbocycles. The summed E-state index contributed by atoms with van der Waals surface area (Å²) in [4.78, 5) is 14.8. The largest absolute Gasteiger partial charge is 0.396 e. The highest BCUT2D eigenvalue weighted by Gasteiger charge is 2.24. The lowest BCUT2D eigenvalue weighted by atomic mass is 10.2. The molecule has 1 unspecified atom stereocenters. The molecular weight excluding hydrogens is 236 g/mol. The summed E-state index contributed by atoms with van der Waals surface area (Å²) >= 11 is 1.49. The second kappa shape index (κ2) is 6.74. The molecule has 0 fully saturated rings. The van der Waals surface area contributed by atoms with Crippen molar-refractivity contribution in [1.29, 1.82) is 0 Å². The summed E-state index contributed by atoms with van der Waals surface area (Å²) in [6.45, 7) is 4.55. The number of rotatable bonds is 6. The van der Waals surface area contributed by atoms with Gasteiger partial charge in [-0.15, -0.1) is 11.3 Å². The lowest BCUT2D eigenvalue weighted by molar-refractivity contribution is -0.134. The molecule has 1 rings (SSSR count). The van der Waals surface area contributed by atoms with E-state index in [0.29, 0.717) is 13.0 Å². The Morgan fingerprint density at radius 3 is 2.76 bits per heavy atom. The minimum Gasteiger partial charge on any atom is -0.396 e. The molecule has 1 amide bonds. The topological polar surface area (TPSA) is 66.6 Å². The van der Waals surface area contributed by atoms with Gasteiger partial charge in [0.05, 0.1) is 0 Å². The number of amides is 1. The molecule has 1 aromatic heterocycles. The van der Waals surface area contributed by atoms with Crippen LogP contribution in [-0.4, -0.2) is 35.1 Å². The highest BCUT2D eigenvalue weighted by Crippen LogP contribution is 2.19. The van der Waals surface area contributed by atoms with Crippen LogP contribution in [-0.2, 0) is 4.79 Å². The monoisotopic (exact) mass is 256 g/mol. The van der Waals surface area contributed by atoms with E-state index >= 15 is 0 Å². The van der Waals surface area contributed by atoms with Crippen molar-refractivity contribution in [3.8, 4) is 0 Å². The molecule has 4 nitrogen and oxygen atoms in total. The first-order valence-corrected chi connectivity index (χ1v) is 6.66. The van der Waals surface area contributed by atoms with Crippen LogP contribution in [0.3, 0.4) is 0 Å². The van der Waals surface area contributed by atoms with E-state index in [2.05, 4.69) is 0 Å². The molecule has 0 spiro atoms. The van der Waals surface area contributed by atoms with E-state index in [9.17, 15) is 4.79 Å². The Morgan fingerprint density at radius 1 is 1.59 bits per heavy atom. The summed E-state index contributed by atoms with van der Waals surface area (Å²) < 4.78 is 0. The van der Waals surface area contributed by atoms with Crippen LogP contribution < -0.4 is 5.73 Å². The van der Waals surface area contributed by atoms with Gasteiger partial charge in [0.15, 0.2) is 0 Å². The molecule has 1 atom stereocenters. The number of aliphatic hydroxyl groups is 1. The molecule has 96 valence electrons. The van der Waals surface area contributed by atoms with E-state index in [1.54, 1.807) is 4.90 Å². The van der Waals surface area contributed by atoms with Crippen LogP contribution in [0, 0.1) is 0 Å². The molecule has 0 aliphatic heterocycles. The highest BCUT2D eigenvalue weighted by atomic mass is 32.1. The van der Waals surface area contributed by atoms with Crippen molar-refractivity contribution in [2.75, 3.05) is 13.2 Å². The summed E-state index contributed by atoms with van der Waals surface area (Å²) in [7, 11) is 0. The average molecular weight is 256 g/mol. The Morgan fingerprint density at radius 2 is 2.29 bits per heavy atom. The third kappa shape index (κ3) is 3.80. The number of carbonyl (C=O) groups excluding carboxylic acids is 1. The van der Waals surface area contributed by atoms with E-state index in [0.717, 1.165) is 4.88 Å². The Hall–Kier alpha value is -0.910. The van der Waals surface area contributed by atoms with Crippen LogP contribution in [0.25, 0.3) is 0 Å². The van der Waals surface area contributed by atoms with Gasteiger partial charge in [-0.2, -0.15) is 0 Å². The molecule has 0 radical (unpaired) electrons. The zero-order valence-electron chi connectivity index (χ0n) is 10.3. The van der Waals surface area contributed by atoms with Crippen LogP contribution >= 0.6 is 11.3 Å². The fourth-order valence-corrected chi connectivity index (χ4v) is 2.35. The lowest BCUT2D eigenvalue weighted by Gasteiger charge is -2.28. The smallest absolute Gasteiger partial charge is 0.245 e. The molecule has 3 N–H and O–H groups in total. The van der Waals surface area contributed by atoms with E-state index in [1.807, 2.05) is 31.4 Å². The zero-order chi connectivity index (χ0) is 12.8. The molecule has 0 bridgehead atoms. The van der Waals surface area contributed by atoms with Gasteiger partial charge in [-0.25, -0.2) is 0 Å². The average Bonchev–Trinajstić information content (AvgIpc) is 2.81. The first-order valence-electron chi connectivity index (χ1n) is 5.78. The number of thiophene rings is 1. The van der Waals surface area contributed by atoms with Crippen LogP contribution in [0.5, 0.6) is 0 Å². The second-order valence-corrected chi connectivity index (χ2v) is 5.17. The number of carbonyl (C=O) groups is 1. The van der Waals surface area contributed by atoms with Crippen LogP contribution in [0.2, 0.25) is 0 Å². The van der Waals surface area contributed by atoms with Gasteiger partial charge < -0.3 is 15.7 Å². The molecule has 0 aliphatic rings. The predicted octanol–water partition coefficient (Wildman–Crippen LogP) is 1.37. The normalized spacial score (nSPS) is 12.8. The van der Waals surface area contributed by atoms with Crippen molar-refractivity contribution >= 4 is 17.2 Å². The number of hydrogen-bond donors (Lipinski definition) is 2. The van der Waals surface area contributed by atoms with Gasteiger partial charge in [0.25, 0.3) is 0 Å². The summed E-state index contributed by atoms with van der Waals surface area (Å²) in [5, 5.41) is 10.7. The maximum Gasteiger partial charge on any atom is 0.245 e. The van der Waals surface area contributed by atoms with Crippen LogP contribution in [0.15, 0.2) is 17.5 Å². The molecule has 0 aliphatic carbocycles. The van der Waals surface area contributed by atoms with Gasteiger partial charge in [0.2, 0.25) is 5.91 Å². The van der Waals surface area contributed by atoms with Gasteiger partial charge in [0.1, 0.15) is 6.04 Å².